The van der Waals surface area contributed by atoms with Crippen molar-refractivity contribution in [2.24, 2.45) is 0 Å². The summed E-state index contributed by atoms with van der Waals surface area (Å²) < 4.78 is 0. The van der Waals surface area contributed by atoms with E-state index in [0.29, 0.717) is 0 Å². The quantitative estimate of drug-likeness (QED) is 0.724. The Morgan fingerprint density at radius 2 is 1.92 bits per heavy atom. The Balaban J connectivity index is 2.45. The first-order valence-corrected chi connectivity index (χ1v) is 4.44. The van der Waals surface area contributed by atoms with E-state index in [1.807, 2.05) is 30.3 Å². The molecule has 60 valence electrons. The van der Waals surface area contributed by atoms with Crippen LogP contribution < -0.4 is 5.73 Å². The van der Waals surface area contributed by atoms with Gasteiger partial charge in [-0.3, -0.25) is 0 Å². The van der Waals surface area contributed by atoms with Gasteiger partial charge in [-0.25, -0.2) is 4.98 Å². The average Bonchev–Trinajstić information content (AvgIpc) is 2.54. The fraction of sp³-hybridized carbons (Fsp3) is 0. The van der Waals surface area contributed by atoms with Gasteiger partial charge in [0.1, 0.15) is 10.0 Å². The van der Waals surface area contributed by atoms with Gasteiger partial charge in [0, 0.05) is 5.56 Å². The first-order valence-electron chi connectivity index (χ1n) is 3.63. The molecule has 1 aromatic carbocycles. The molecule has 0 atom stereocenters. The summed E-state index contributed by atoms with van der Waals surface area (Å²) in [6, 6.07) is 10.0. The lowest BCUT2D eigenvalue weighted by Crippen LogP contribution is -1.73. The van der Waals surface area contributed by atoms with Crippen LogP contribution in [0.3, 0.4) is 0 Å². The number of nitrogens with zero attached hydrogens (tertiary/aromatic N) is 1. The van der Waals surface area contributed by atoms with E-state index in [1.165, 1.54) is 11.3 Å². The molecule has 0 aliphatic carbocycles. The second-order valence-electron chi connectivity index (χ2n) is 2.43. The van der Waals surface area contributed by atoms with Crippen LogP contribution in [0.25, 0.3) is 10.6 Å². The van der Waals surface area contributed by atoms with Crippen molar-refractivity contribution in [2.45, 2.75) is 0 Å². The molecular formula is C9H8N2S. The van der Waals surface area contributed by atoms with E-state index >= 15 is 0 Å². The second kappa shape index (κ2) is 2.95. The third-order valence-corrected chi connectivity index (χ3v) is 2.42. The summed E-state index contributed by atoms with van der Waals surface area (Å²) >= 11 is 1.51. The highest BCUT2D eigenvalue weighted by molar-refractivity contribution is 7.18. The summed E-state index contributed by atoms with van der Waals surface area (Å²) in [7, 11) is 0. The highest BCUT2D eigenvalue weighted by Crippen LogP contribution is 2.25. The van der Waals surface area contributed by atoms with Crippen LogP contribution in [0, 0.1) is 0 Å². The van der Waals surface area contributed by atoms with E-state index in [1.54, 1.807) is 6.20 Å². The number of hydrogen-bond acceptors (Lipinski definition) is 3. The minimum absolute atomic E-state index is 0.758. The minimum atomic E-state index is 0.758. The van der Waals surface area contributed by atoms with Crippen molar-refractivity contribution in [2.75, 3.05) is 5.73 Å². The number of anilines is 1. The van der Waals surface area contributed by atoms with Crippen LogP contribution in [0.1, 0.15) is 0 Å². The molecule has 0 amide bonds. The Labute approximate surface area is 74.7 Å². The number of thiazole rings is 1. The predicted octanol–water partition coefficient (Wildman–Crippen LogP) is 2.39. The zero-order valence-corrected chi connectivity index (χ0v) is 7.21. The fourth-order valence-electron chi connectivity index (χ4n) is 1.00. The van der Waals surface area contributed by atoms with Gasteiger partial charge >= 0.3 is 0 Å². The maximum atomic E-state index is 5.57. The van der Waals surface area contributed by atoms with Crippen LogP contribution >= 0.6 is 11.3 Å². The summed E-state index contributed by atoms with van der Waals surface area (Å²) in [5.41, 5.74) is 6.70. The molecule has 1 heterocycles. The van der Waals surface area contributed by atoms with Crippen molar-refractivity contribution < 1.29 is 0 Å². The lowest BCUT2D eigenvalue weighted by molar-refractivity contribution is 1.41. The lowest BCUT2D eigenvalue weighted by Gasteiger charge is -1.92. The maximum Gasteiger partial charge on any atom is 0.125 e. The van der Waals surface area contributed by atoms with Crippen LogP contribution in [-0.4, -0.2) is 4.98 Å². The molecule has 0 radical (unpaired) electrons. The molecule has 0 bridgehead atoms. The smallest absolute Gasteiger partial charge is 0.125 e. The highest BCUT2D eigenvalue weighted by Gasteiger charge is 1.99. The fourth-order valence-corrected chi connectivity index (χ4v) is 1.69. The average molecular weight is 176 g/mol. The van der Waals surface area contributed by atoms with Gasteiger partial charge in [0.05, 0.1) is 6.20 Å². The molecule has 0 saturated heterocycles. The molecule has 0 spiro atoms. The number of nitrogens with two attached hydrogens (primary N) is 1. The van der Waals surface area contributed by atoms with E-state index in [4.69, 9.17) is 5.73 Å². The Hall–Kier alpha value is -1.35. The molecule has 3 heteroatoms. The van der Waals surface area contributed by atoms with Gasteiger partial charge < -0.3 is 5.73 Å². The molecule has 2 N–H and O–H groups in total. The molecule has 12 heavy (non-hydrogen) atoms. The summed E-state index contributed by atoms with van der Waals surface area (Å²) in [6.45, 7) is 0. The van der Waals surface area contributed by atoms with Gasteiger partial charge in [-0.15, -0.1) is 0 Å². The third kappa shape index (κ3) is 1.31. The summed E-state index contributed by atoms with van der Waals surface area (Å²) in [5.74, 6) is 0. The lowest BCUT2D eigenvalue weighted by atomic mass is 10.2. The Kier molecular flexibility index (Phi) is 1.80. The van der Waals surface area contributed by atoms with Crippen molar-refractivity contribution in [3.63, 3.8) is 0 Å². The summed E-state index contributed by atoms with van der Waals surface area (Å²) in [4.78, 5) is 4.18. The Morgan fingerprint density at radius 3 is 2.50 bits per heavy atom. The molecule has 0 saturated carbocycles. The van der Waals surface area contributed by atoms with Crippen molar-refractivity contribution in [3.8, 4) is 10.6 Å². The Bertz CT molecular complexity index is 367. The second-order valence-corrected chi connectivity index (χ2v) is 3.50. The van der Waals surface area contributed by atoms with Gasteiger partial charge in [0.25, 0.3) is 0 Å². The van der Waals surface area contributed by atoms with E-state index < -0.39 is 0 Å². The molecule has 1 aromatic heterocycles. The number of nitrogen functional groups attached to an aromatic ring is 1. The van der Waals surface area contributed by atoms with Gasteiger partial charge in [0.2, 0.25) is 0 Å². The number of rotatable bonds is 1. The van der Waals surface area contributed by atoms with Gasteiger partial charge in [0.15, 0.2) is 0 Å². The molecule has 0 aliphatic rings. The summed E-state index contributed by atoms with van der Waals surface area (Å²) in [6.07, 6.45) is 1.69. The molecule has 0 aliphatic heterocycles. The monoisotopic (exact) mass is 176 g/mol. The standard InChI is InChI=1S/C9H8N2S/c10-8-6-11-9(12-8)7-4-2-1-3-5-7/h1-6H,10H2. The third-order valence-electron chi connectivity index (χ3n) is 1.54. The van der Waals surface area contributed by atoms with Crippen LogP contribution in [0.15, 0.2) is 36.5 Å². The van der Waals surface area contributed by atoms with Crippen LogP contribution in [0.2, 0.25) is 0 Å². The van der Waals surface area contributed by atoms with Crippen LogP contribution in [0.5, 0.6) is 0 Å². The predicted molar refractivity (Wildman–Crippen MR) is 52.0 cm³/mol. The highest BCUT2D eigenvalue weighted by atomic mass is 32.1. The number of aromatic nitrogens is 1. The molecule has 2 rings (SSSR count). The first-order chi connectivity index (χ1) is 5.86. The SMILES string of the molecule is Nc1cnc(-c2ccccc2)s1. The van der Waals surface area contributed by atoms with E-state index in [2.05, 4.69) is 4.98 Å². The zero-order chi connectivity index (χ0) is 8.39. The maximum absolute atomic E-state index is 5.57. The molecule has 0 fully saturated rings. The van der Waals surface area contributed by atoms with Crippen molar-refractivity contribution >= 4 is 16.3 Å². The van der Waals surface area contributed by atoms with Crippen LogP contribution in [-0.2, 0) is 0 Å². The molecular weight excluding hydrogens is 168 g/mol. The van der Waals surface area contributed by atoms with Crippen LogP contribution in [0.4, 0.5) is 5.00 Å². The number of benzene rings is 1. The van der Waals surface area contributed by atoms with Crippen molar-refractivity contribution in [3.05, 3.63) is 36.5 Å². The minimum Gasteiger partial charge on any atom is -0.389 e. The summed E-state index contributed by atoms with van der Waals surface area (Å²) in [5, 5.41) is 1.74. The van der Waals surface area contributed by atoms with Crippen molar-refractivity contribution in [1.29, 1.82) is 0 Å². The number of hydrogen-bond donors (Lipinski definition) is 1. The molecule has 2 aromatic rings. The topological polar surface area (TPSA) is 38.9 Å². The largest absolute Gasteiger partial charge is 0.389 e. The van der Waals surface area contributed by atoms with E-state index in [-0.39, 0.29) is 0 Å². The first kappa shape index (κ1) is 7.31. The van der Waals surface area contributed by atoms with Crippen molar-refractivity contribution in [1.82, 2.24) is 4.98 Å². The zero-order valence-electron chi connectivity index (χ0n) is 6.40. The van der Waals surface area contributed by atoms with E-state index in [0.717, 1.165) is 15.6 Å². The Morgan fingerprint density at radius 1 is 1.17 bits per heavy atom. The van der Waals surface area contributed by atoms with E-state index in [9.17, 15) is 0 Å². The normalized spacial score (nSPS) is 10.0. The van der Waals surface area contributed by atoms with Gasteiger partial charge in [-0.1, -0.05) is 41.7 Å². The molecule has 2 nitrogen and oxygen atoms in total. The molecule has 0 unspecified atom stereocenters. The van der Waals surface area contributed by atoms with Gasteiger partial charge in [-0.05, 0) is 0 Å². The van der Waals surface area contributed by atoms with Gasteiger partial charge in [-0.2, -0.15) is 0 Å².